The summed E-state index contributed by atoms with van der Waals surface area (Å²) >= 11 is 1.35. The highest BCUT2D eigenvalue weighted by Crippen LogP contribution is 2.46. The van der Waals surface area contributed by atoms with Crippen LogP contribution in [0.15, 0.2) is 10.6 Å². The summed E-state index contributed by atoms with van der Waals surface area (Å²) in [5.41, 5.74) is 0.109. The number of nitrogens with zero attached hydrogens (tertiary/aromatic N) is 1. The van der Waals surface area contributed by atoms with Crippen LogP contribution in [0.25, 0.3) is 0 Å². The quantitative estimate of drug-likeness (QED) is 0.451. The lowest BCUT2D eigenvalue weighted by atomic mass is 9.85. The van der Waals surface area contributed by atoms with Crippen molar-refractivity contribution in [2.75, 3.05) is 12.4 Å². The van der Waals surface area contributed by atoms with Gasteiger partial charge in [-0.2, -0.15) is 0 Å². The van der Waals surface area contributed by atoms with Crippen molar-refractivity contribution in [1.82, 2.24) is 4.90 Å². The Morgan fingerprint density at radius 2 is 2.20 bits per heavy atom. The van der Waals surface area contributed by atoms with Gasteiger partial charge in [0.15, 0.2) is 0 Å². The molecule has 2 rings (SSSR count). The number of esters is 1. The first-order chi connectivity index (χ1) is 9.47. The molecule has 1 N–H and O–H groups in total. The lowest BCUT2D eigenvalue weighted by molar-refractivity contribution is -0.155. The monoisotopic (exact) mass is 299 g/mol. The number of aliphatic carboxylic acids is 1. The summed E-state index contributed by atoms with van der Waals surface area (Å²) in [6.45, 7) is 3.51. The van der Waals surface area contributed by atoms with Crippen molar-refractivity contribution < 1.29 is 24.2 Å². The summed E-state index contributed by atoms with van der Waals surface area (Å²) < 4.78 is 4.82. The zero-order valence-corrected chi connectivity index (χ0v) is 12.2. The van der Waals surface area contributed by atoms with E-state index in [0.29, 0.717) is 17.1 Å². The van der Waals surface area contributed by atoms with E-state index in [0.717, 1.165) is 6.42 Å². The van der Waals surface area contributed by atoms with Crippen molar-refractivity contribution in [2.24, 2.45) is 5.92 Å². The van der Waals surface area contributed by atoms with Gasteiger partial charge in [0.1, 0.15) is 12.3 Å². The van der Waals surface area contributed by atoms with Gasteiger partial charge >= 0.3 is 11.9 Å². The number of β-lactam (4-membered cyclic amide) rings is 1. The van der Waals surface area contributed by atoms with E-state index >= 15 is 0 Å². The molecule has 0 saturated carbocycles. The van der Waals surface area contributed by atoms with Gasteiger partial charge in [-0.1, -0.05) is 6.92 Å². The molecule has 0 aromatic rings. The minimum absolute atomic E-state index is 0.00479. The van der Waals surface area contributed by atoms with Crippen LogP contribution >= 0.6 is 11.8 Å². The highest BCUT2D eigenvalue weighted by atomic mass is 32.2. The molecule has 7 heteroatoms. The van der Waals surface area contributed by atoms with Crippen LogP contribution in [0.2, 0.25) is 0 Å². The van der Waals surface area contributed by atoms with Gasteiger partial charge < -0.3 is 14.7 Å². The maximum Gasteiger partial charge on any atom is 0.353 e. The molecule has 20 heavy (non-hydrogen) atoms. The third kappa shape index (κ3) is 2.54. The molecular weight excluding hydrogens is 282 g/mol. The first kappa shape index (κ1) is 14.9. The van der Waals surface area contributed by atoms with Gasteiger partial charge in [0.25, 0.3) is 0 Å². The third-order valence-corrected chi connectivity index (χ3v) is 4.64. The Hall–Kier alpha value is -1.50. The van der Waals surface area contributed by atoms with Crippen molar-refractivity contribution in [1.29, 1.82) is 0 Å². The summed E-state index contributed by atoms with van der Waals surface area (Å²) in [7, 11) is 0. The van der Waals surface area contributed by atoms with Gasteiger partial charge in [0.2, 0.25) is 5.91 Å². The van der Waals surface area contributed by atoms with Gasteiger partial charge in [-0.25, -0.2) is 4.79 Å². The van der Waals surface area contributed by atoms with Crippen molar-refractivity contribution in [3.63, 3.8) is 0 Å². The molecule has 2 atom stereocenters. The average Bonchev–Trinajstić information content (AvgIpc) is 2.70. The summed E-state index contributed by atoms with van der Waals surface area (Å²) in [6.07, 6.45) is 1.33. The van der Waals surface area contributed by atoms with Crippen LogP contribution in [0.4, 0.5) is 0 Å². The Morgan fingerprint density at radius 1 is 1.50 bits per heavy atom. The van der Waals surface area contributed by atoms with Crippen LogP contribution < -0.4 is 0 Å². The van der Waals surface area contributed by atoms with E-state index in [4.69, 9.17) is 4.74 Å². The van der Waals surface area contributed by atoms with Crippen LogP contribution in [-0.4, -0.2) is 46.3 Å². The predicted octanol–water partition coefficient (Wildman–Crippen LogP) is 1.22. The minimum atomic E-state index is -1.06. The zero-order chi connectivity index (χ0) is 14.9. The molecule has 0 bridgehead atoms. The minimum Gasteiger partial charge on any atom is -0.477 e. The van der Waals surface area contributed by atoms with Crippen molar-refractivity contribution in [3.05, 3.63) is 10.6 Å². The third-order valence-electron chi connectivity index (χ3n) is 3.56. The van der Waals surface area contributed by atoms with E-state index < -0.39 is 5.97 Å². The second-order valence-corrected chi connectivity index (χ2v) is 5.95. The number of ether oxygens (including phenoxy) is 1. The Labute approximate surface area is 121 Å². The van der Waals surface area contributed by atoms with Gasteiger partial charge in [-0.15, -0.1) is 11.8 Å². The Morgan fingerprint density at radius 3 is 2.75 bits per heavy atom. The lowest BCUT2D eigenvalue weighted by Gasteiger charge is -2.42. The van der Waals surface area contributed by atoms with Crippen LogP contribution in [0.3, 0.4) is 0 Å². The Kier molecular flexibility index (Phi) is 4.37. The first-order valence-electron chi connectivity index (χ1n) is 6.53. The number of fused-ring (bicyclic) bond motifs is 1. The van der Waals surface area contributed by atoms with Crippen molar-refractivity contribution >= 4 is 29.6 Å². The highest BCUT2D eigenvalue weighted by Gasteiger charge is 2.54. The van der Waals surface area contributed by atoms with Gasteiger partial charge in [0, 0.05) is 24.0 Å². The fourth-order valence-electron chi connectivity index (χ4n) is 2.68. The molecule has 2 heterocycles. The normalized spacial score (nSPS) is 24.5. The molecule has 110 valence electrons. The molecule has 0 aliphatic carbocycles. The number of thioether (sulfide) groups is 1. The molecule has 1 fully saturated rings. The maximum absolute atomic E-state index is 11.9. The van der Waals surface area contributed by atoms with Crippen LogP contribution in [-0.2, 0) is 19.1 Å². The Bertz CT molecular complexity index is 487. The SMILES string of the molecule is CCC1C(=O)N2C(C(=O)O)=C(SCCOC(C)=O)CC12. The van der Waals surface area contributed by atoms with E-state index in [9.17, 15) is 19.5 Å². The second-order valence-electron chi connectivity index (χ2n) is 4.76. The summed E-state index contributed by atoms with van der Waals surface area (Å²) in [5.74, 6) is -1.07. The van der Waals surface area contributed by atoms with E-state index in [2.05, 4.69) is 0 Å². The number of amides is 1. The van der Waals surface area contributed by atoms with Crippen molar-refractivity contribution in [3.8, 4) is 0 Å². The molecule has 1 amide bonds. The van der Waals surface area contributed by atoms with Gasteiger partial charge in [-0.05, 0) is 6.42 Å². The number of carboxylic acid groups (broad SMARTS) is 1. The molecule has 0 spiro atoms. The summed E-state index contributed by atoms with van der Waals surface area (Å²) in [6, 6.07) is -0.00479. The van der Waals surface area contributed by atoms with Crippen LogP contribution in [0.1, 0.15) is 26.7 Å². The number of hydrogen-bond acceptors (Lipinski definition) is 5. The molecule has 0 aromatic heterocycles. The summed E-state index contributed by atoms with van der Waals surface area (Å²) in [5, 5.41) is 9.28. The molecule has 2 aliphatic heterocycles. The number of carbonyl (C=O) groups excluding carboxylic acids is 2. The molecule has 6 nitrogen and oxygen atoms in total. The topological polar surface area (TPSA) is 83.9 Å². The highest BCUT2D eigenvalue weighted by molar-refractivity contribution is 8.03. The van der Waals surface area contributed by atoms with Gasteiger partial charge in [-0.3, -0.25) is 9.59 Å². The largest absolute Gasteiger partial charge is 0.477 e. The number of carboxylic acids is 1. The molecule has 2 unspecified atom stereocenters. The predicted molar refractivity (Wildman–Crippen MR) is 72.8 cm³/mol. The number of rotatable bonds is 6. The van der Waals surface area contributed by atoms with Crippen molar-refractivity contribution in [2.45, 2.75) is 32.7 Å². The molecule has 0 radical (unpaired) electrons. The fraction of sp³-hybridized carbons (Fsp3) is 0.615. The van der Waals surface area contributed by atoms with Crippen LogP contribution in [0.5, 0.6) is 0 Å². The molecular formula is C13H17NO5S. The molecule has 0 aromatic carbocycles. The van der Waals surface area contributed by atoms with E-state index in [1.165, 1.54) is 23.6 Å². The molecule has 2 aliphatic rings. The smallest absolute Gasteiger partial charge is 0.353 e. The maximum atomic E-state index is 11.9. The van der Waals surface area contributed by atoms with Gasteiger partial charge in [0.05, 0.1) is 12.0 Å². The van der Waals surface area contributed by atoms with Crippen LogP contribution in [0, 0.1) is 5.92 Å². The molecule has 1 saturated heterocycles. The standard InChI is InChI=1S/C13H17NO5S/c1-3-8-9-6-10(20-5-4-19-7(2)15)11(13(17)18)14(9)12(8)16/h8-9H,3-6H2,1-2H3,(H,17,18). The van der Waals surface area contributed by atoms with E-state index in [1.54, 1.807) is 0 Å². The zero-order valence-electron chi connectivity index (χ0n) is 11.4. The van der Waals surface area contributed by atoms with E-state index in [1.807, 2.05) is 6.92 Å². The van der Waals surface area contributed by atoms with E-state index in [-0.39, 0.29) is 36.1 Å². The number of carbonyl (C=O) groups is 3. The first-order valence-corrected chi connectivity index (χ1v) is 7.51. The second kappa shape index (κ2) is 5.87. The average molecular weight is 299 g/mol. The Balaban J connectivity index is 2.02. The lowest BCUT2D eigenvalue weighted by Crippen LogP contribution is -2.58. The summed E-state index contributed by atoms with van der Waals surface area (Å²) in [4.78, 5) is 36.0. The fourth-order valence-corrected chi connectivity index (χ4v) is 3.71. The number of hydrogen-bond donors (Lipinski definition) is 1.